The standard InChI is InChI=1S/C66H40N2S/c1-3-17-51-43(11-1)13-8-20-53(51)49-33-35-56-57-36-34-50(54-21-9-14-44-12-2-4-18-52(44)54)39-61(57)65-64(60(56)38-49)67-40-62(68-65)46-31-27-42(28-32-46)48-16-7-15-47(37-48)41-25-29-45(30-26-41)55-22-10-23-59-58-19-5-6-24-63(58)69-66(55)59/h1-40H. The quantitative estimate of drug-likeness (QED) is 0.155. The Hall–Kier alpha value is -8.76. The van der Waals surface area contributed by atoms with Gasteiger partial charge in [0.25, 0.3) is 0 Å². The fraction of sp³-hybridized carbons (Fsp3) is 0. The number of rotatable bonds is 6. The zero-order chi connectivity index (χ0) is 45.4. The molecule has 0 aliphatic carbocycles. The highest BCUT2D eigenvalue weighted by Crippen LogP contribution is 2.42. The Morgan fingerprint density at radius 2 is 0.754 bits per heavy atom. The molecule has 0 saturated heterocycles. The molecule has 3 heteroatoms. The Labute approximate surface area is 403 Å². The summed E-state index contributed by atoms with van der Waals surface area (Å²) in [6, 6.07) is 86.1. The minimum absolute atomic E-state index is 0.843. The third kappa shape index (κ3) is 6.62. The van der Waals surface area contributed by atoms with Crippen LogP contribution in [0.1, 0.15) is 0 Å². The predicted octanol–water partition coefficient (Wildman–Crippen LogP) is 18.6. The molecule has 0 spiro atoms. The number of aromatic nitrogens is 2. The maximum atomic E-state index is 5.52. The van der Waals surface area contributed by atoms with Gasteiger partial charge in [0.15, 0.2) is 0 Å². The monoisotopic (exact) mass is 892 g/mol. The molecule has 2 nitrogen and oxygen atoms in total. The molecule has 0 radical (unpaired) electrons. The second-order valence-electron chi connectivity index (χ2n) is 18.0. The predicted molar refractivity (Wildman–Crippen MR) is 295 cm³/mol. The average Bonchev–Trinajstić information content (AvgIpc) is 3.82. The molecular weight excluding hydrogens is 853 g/mol. The zero-order valence-corrected chi connectivity index (χ0v) is 38.2. The van der Waals surface area contributed by atoms with Gasteiger partial charge in [0.2, 0.25) is 0 Å². The van der Waals surface area contributed by atoms with E-state index in [0.717, 1.165) is 55.1 Å². The summed E-state index contributed by atoms with van der Waals surface area (Å²) in [5.41, 5.74) is 15.6. The van der Waals surface area contributed by atoms with E-state index in [2.05, 4.69) is 237 Å². The highest BCUT2D eigenvalue weighted by molar-refractivity contribution is 7.26. The highest BCUT2D eigenvalue weighted by Gasteiger charge is 2.17. The van der Waals surface area contributed by atoms with E-state index < -0.39 is 0 Å². The number of fused-ring (bicyclic) bond motifs is 11. The van der Waals surface area contributed by atoms with Gasteiger partial charge in [0.05, 0.1) is 22.9 Å². The third-order valence-corrected chi connectivity index (χ3v) is 15.3. The van der Waals surface area contributed by atoms with Crippen molar-refractivity contribution in [2.45, 2.75) is 0 Å². The van der Waals surface area contributed by atoms with Crippen LogP contribution in [0.15, 0.2) is 243 Å². The molecule has 0 aliphatic heterocycles. The van der Waals surface area contributed by atoms with Crippen molar-refractivity contribution in [2.75, 3.05) is 0 Å². The molecular formula is C66H40N2S. The van der Waals surface area contributed by atoms with Crippen molar-refractivity contribution in [3.8, 4) is 66.9 Å². The lowest BCUT2D eigenvalue weighted by Crippen LogP contribution is -1.94. The summed E-state index contributed by atoms with van der Waals surface area (Å²) in [5.74, 6) is 0. The fourth-order valence-electron chi connectivity index (χ4n) is 10.7. The van der Waals surface area contributed by atoms with E-state index in [1.165, 1.54) is 86.0 Å². The lowest BCUT2D eigenvalue weighted by atomic mass is 9.91. The van der Waals surface area contributed by atoms with Gasteiger partial charge in [0, 0.05) is 36.5 Å². The average molecular weight is 893 g/mol. The third-order valence-electron chi connectivity index (χ3n) is 14.1. The van der Waals surface area contributed by atoms with Crippen molar-refractivity contribution in [1.29, 1.82) is 0 Å². The minimum atomic E-state index is 0.843. The van der Waals surface area contributed by atoms with E-state index in [9.17, 15) is 0 Å². The Morgan fingerprint density at radius 3 is 1.41 bits per heavy atom. The van der Waals surface area contributed by atoms with E-state index in [-0.39, 0.29) is 0 Å². The molecule has 320 valence electrons. The maximum absolute atomic E-state index is 5.52. The van der Waals surface area contributed by atoms with Crippen LogP contribution in [0.3, 0.4) is 0 Å². The largest absolute Gasteiger partial charge is 0.252 e. The van der Waals surface area contributed by atoms with E-state index in [1.54, 1.807) is 0 Å². The van der Waals surface area contributed by atoms with Gasteiger partial charge in [-0.05, 0) is 112 Å². The number of benzene rings is 12. The molecule has 0 saturated carbocycles. The van der Waals surface area contributed by atoms with Crippen molar-refractivity contribution in [3.05, 3.63) is 243 Å². The SMILES string of the molecule is c1cc(-c2ccc(-c3cnc4c5cc(-c6cccc7ccccc67)ccc5c5ccc(-c6cccc7ccccc67)cc5c4n3)cc2)cc(-c2ccc(-c3cccc4c3sc3ccccc34)cc2)c1. The molecule has 0 N–H and O–H groups in total. The molecule has 69 heavy (non-hydrogen) atoms. The van der Waals surface area contributed by atoms with Crippen LogP contribution in [0.4, 0.5) is 0 Å². The second-order valence-corrected chi connectivity index (χ2v) is 19.1. The Morgan fingerprint density at radius 1 is 0.275 bits per heavy atom. The minimum Gasteiger partial charge on any atom is -0.252 e. The first-order valence-corrected chi connectivity index (χ1v) is 24.3. The Kier molecular flexibility index (Phi) is 9.11. The van der Waals surface area contributed by atoms with Gasteiger partial charge in [-0.1, -0.05) is 212 Å². The van der Waals surface area contributed by atoms with Crippen LogP contribution in [0.5, 0.6) is 0 Å². The summed E-state index contributed by atoms with van der Waals surface area (Å²) in [4.78, 5) is 10.8. The maximum Gasteiger partial charge on any atom is 0.0979 e. The van der Waals surface area contributed by atoms with Crippen LogP contribution in [-0.2, 0) is 0 Å². The topological polar surface area (TPSA) is 25.8 Å². The van der Waals surface area contributed by atoms with Crippen molar-refractivity contribution >= 4 is 85.6 Å². The summed E-state index contributed by atoms with van der Waals surface area (Å²) >= 11 is 1.88. The van der Waals surface area contributed by atoms with Gasteiger partial charge in [-0.2, -0.15) is 0 Å². The van der Waals surface area contributed by atoms with Crippen molar-refractivity contribution in [1.82, 2.24) is 9.97 Å². The molecule has 14 aromatic rings. The van der Waals surface area contributed by atoms with Gasteiger partial charge in [0.1, 0.15) is 0 Å². The lowest BCUT2D eigenvalue weighted by Gasteiger charge is -2.15. The van der Waals surface area contributed by atoms with Crippen molar-refractivity contribution in [3.63, 3.8) is 0 Å². The summed E-state index contributed by atoms with van der Waals surface area (Å²) in [6.45, 7) is 0. The fourth-order valence-corrected chi connectivity index (χ4v) is 11.9. The van der Waals surface area contributed by atoms with Crippen LogP contribution in [0.25, 0.3) is 141 Å². The lowest BCUT2D eigenvalue weighted by molar-refractivity contribution is 1.31. The molecule has 2 aromatic heterocycles. The number of thiophene rings is 1. The molecule has 14 rings (SSSR count). The van der Waals surface area contributed by atoms with Crippen LogP contribution >= 0.6 is 11.3 Å². The van der Waals surface area contributed by atoms with E-state index >= 15 is 0 Å². The van der Waals surface area contributed by atoms with Crippen LogP contribution < -0.4 is 0 Å². The summed E-state index contributed by atoms with van der Waals surface area (Å²) < 4.78 is 2.67. The Bertz CT molecular complexity index is 4340. The number of nitrogens with zero attached hydrogens (tertiary/aromatic N) is 2. The summed E-state index contributed by atoms with van der Waals surface area (Å²) in [7, 11) is 0. The summed E-state index contributed by atoms with van der Waals surface area (Å²) in [5, 5.41) is 12.1. The smallest absolute Gasteiger partial charge is 0.0979 e. The van der Waals surface area contributed by atoms with Crippen molar-refractivity contribution < 1.29 is 0 Å². The molecule has 2 heterocycles. The van der Waals surface area contributed by atoms with Gasteiger partial charge in [-0.15, -0.1) is 11.3 Å². The first-order valence-electron chi connectivity index (χ1n) is 23.5. The highest BCUT2D eigenvalue weighted by atomic mass is 32.1. The first kappa shape index (κ1) is 39.4. The van der Waals surface area contributed by atoms with E-state index in [1.807, 2.05) is 17.5 Å². The van der Waals surface area contributed by atoms with Gasteiger partial charge in [-0.25, -0.2) is 4.98 Å². The molecule has 0 bridgehead atoms. The van der Waals surface area contributed by atoms with E-state index in [0.29, 0.717) is 0 Å². The van der Waals surface area contributed by atoms with Crippen molar-refractivity contribution in [2.24, 2.45) is 0 Å². The molecule has 12 aromatic carbocycles. The molecule has 0 unspecified atom stereocenters. The number of hydrogen-bond donors (Lipinski definition) is 0. The zero-order valence-electron chi connectivity index (χ0n) is 37.4. The van der Waals surface area contributed by atoms with Crippen LogP contribution in [0, 0.1) is 0 Å². The molecule has 0 fully saturated rings. The molecule has 0 amide bonds. The normalized spacial score (nSPS) is 11.8. The number of hydrogen-bond acceptors (Lipinski definition) is 3. The van der Waals surface area contributed by atoms with Gasteiger partial charge >= 0.3 is 0 Å². The molecule has 0 aliphatic rings. The van der Waals surface area contributed by atoms with Crippen LogP contribution in [0.2, 0.25) is 0 Å². The van der Waals surface area contributed by atoms with Gasteiger partial charge in [-0.3, -0.25) is 4.98 Å². The van der Waals surface area contributed by atoms with Gasteiger partial charge < -0.3 is 0 Å². The second kappa shape index (κ2) is 16.0. The summed E-state index contributed by atoms with van der Waals surface area (Å²) in [6.07, 6.45) is 1.95. The Balaban J connectivity index is 0.843. The van der Waals surface area contributed by atoms with Crippen LogP contribution in [-0.4, -0.2) is 9.97 Å². The van der Waals surface area contributed by atoms with E-state index in [4.69, 9.17) is 9.97 Å². The first-order chi connectivity index (χ1) is 34.2. The molecule has 0 atom stereocenters.